The molecule has 20 heavy (non-hydrogen) atoms. The number of carbonyl (C=O) groups is 1. The van der Waals surface area contributed by atoms with E-state index in [1.807, 2.05) is 0 Å². The first-order chi connectivity index (χ1) is 9.63. The fraction of sp³-hybridized carbons (Fsp3) is 0.154. The SMILES string of the molecule is Cc1nc(CNC(=O)c2cc3c(F)cccc3[nH]2)n[nH]1. The van der Waals surface area contributed by atoms with Crippen LogP contribution >= 0.6 is 0 Å². The lowest BCUT2D eigenvalue weighted by molar-refractivity contribution is 0.0946. The number of benzene rings is 1. The molecule has 0 fully saturated rings. The average molecular weight is 273 g/mol. The Hall–Kier alpha value is -2.70. The first-order valence-corrected chi connectivity index (χ1v) is 6.07. The fourth-order valence-electron chi connectivity index (χ4n) is 1.96. The molecule has 3 rings (SSSR count). The summed E-state index contributed by atoms with van der Waals surface area (Å²) < 4.78 is 13.5. The predicted octanol–water partition coefficient (Wildman–Crippen LogP) is 1.66. The van der Waals surface area contributed by atoms with Crippen LogP contribution in [0.2, 0.25) is 0 Å². The molecular weight excluding hydrogens is 261 g/mol. The second-order valence-electron chi connectivity index (χ2n) is 4.40. The number of carbonyl (C=O) groups excluding carboxylic acids is 1. The van der Waals surface area contributed by atoms with Crippen molar-refractivity contribution < 1.29 is 9.18 Å². The number of halogens is 1. The van der Waals surface area contributed by atoms with Crippen LogP contribution in [0.3, 0.4) is 0 Å². The molecule has 1 amide bonds. The first-order valence-electron chi connectivity index (χ1n) is 6.07. The average Bonchev–Trinajstić information content (AvgIpc) is 3.03. The summed E-state index contributed by atoms with van der Waals surface area (Å²) in [7, 11) is 0. The van der Waals surface area contributed by atoms with E-state index in [1.165, 1.54) is 12.1 Å². The predicted molar refractivity (Wildman–Crippen MR) is 70.5 cm³/mol. The molecule has 0 atom stereocenters. The van der Waals surface area contributed by atoms with E-state index in [9.17, 15) is 9.18 Å². The molecule has 0 aliphatic rings. The summed E-state index contributed by atoms with van der Waals surface area (Å²) in [6.07, 6.45) is 0. The Morgan fingerprint density at radius 3 is 3.00 bits per heavy atom. The van der Waals surface area contributed by atoms with E-state index >= 15 is 0 Å². The largest absolute Gasteiger partial charge is 0.350 e. The molecule has 0 aliphatic carbocycles. The monoisotopic (exact) mass is 273 g/mol. The summed E-state index contributed by atoms with van der Waals surface area (Å²) in [5.74, 6) is 0.491. The van der Waals surface area contributed by atoms with Gasteiger partial charge in [-0.1, -0.05) is 6.07 Å². The Balaban J connectivity index is 1.77. The van der Waals surface area contributed by atoms with Gasteiger partial charge in [-0.2, -0.15) is 5.10 Å². The number of rotatable bonds is 3. The molecule has 0 bridgehead atoms. The van der Waals surface area contributed by atoms with Crippen molar-refractivity contribution in [2.45, 2.75) is 13.5 Å². The maximum Gasteiger partial charge on any atom is 0.268 e. The van der Waals surface area contributed by atoms with E-state index in [4.69, 9.17) is 0 Å². The van der Waals surface area contributed by atoms with Crippen LogP contribution in [0.15, 0.2) is 24.3 Å². The number of aryl methyl sites for hydroxylation is 1. The van der Waals surface area contributed by atoms with Crippen LogP contribution in [-0.4, -0.2) is 26.1 Å². The number of hydrogen-bond acceptors (Lipinski definition) is 3. The molecule has 0 saturated carbocycles. The van der Waals surface area contributed by atoms with E-state index in [1.54, 1.807) is 19.1 Å². The van der Waals surface area contributed by atoms with Crippen LogP contribution in [0.5, 0.6) is 0 Å². The van der Waals surface area contributed by atoms with E-state index in [2.05, 4.69) is 25.5 Å². The van der Waals surface area contributed by atoms with Gasteiger partial charge >= 0.3 is 0 Å². The number of aromatic nitrogens is 4. The van der Waals surface area contributed by atoms with Crippen molar-refractivity contribution in [2.24, 2.45) is 0 Å². The molecule has 102 valence electrons. The van der Waals surface area contributed by atoms with E-state index < -0.39 is 0 Å². The van der Waals surface area contributed by atoms with Gasteiger partial charge in [-0.25, -0.2) is 9.37 Å². The highest BCUT2D eigenvalue weighted by atomic mass is 19.1. The maximum absolute atomic E-state index is 13.5. The van der Waals surface area contributed by atoms with Gasteiger partial charge in [0.1, 0.15) is 17.3 Å². The zero-order chi connectivity index (χ0) is 14.1. The molecule has 7 heteroatoms. The van der Waals surface area contributed by atoms with Crippen LogP contribution in [0, 0.1) is 12.7 Å². The Kier molecular flexibility index (Phi) is 2.94. The Morgan fingerprint density at radius 2 is 2.30 bits per heavy atom. The van der Waals surface area contributed by atoms with Gasteiger partial charge in [0.2, 0.25) is 0 Å². The number of H-pyrrole nitrogens is 2. The molecule has 2 heterocycles. The molecule has 3 N–H and O–H groups in total. The van der Waals surface area contributed by atoms with Gasteiger partial charge in [-0.15, -0.1) is 0 Å². The Morgan fingerprint density at radius 1 is 1.45 bits per heavy atom. The van der Waals surface area contributed by atoms with E-state index in [0.29, 0.717) is 28.2 Å². The number of nitrogens with one attached hydrogen (secondary N) is 3. The van der Waals surface area contributed by atoms with Crippen molar-refractivity contribution in [3.05, 3.63) is 47.4 Å². The molecule has 2 aromatic heterocycles. The van der Waals surface area contributed by atoms with Crippen LogP contribution < -0.4 is 5.32 Å². The lowest BCUT2D eigenvalue weighted by Gasteiger charge is -1.99. The summed E-state index contributed by atoms with van der Waals surface area (Å²) in [5, 5.41) is 9.67. The highest BCUT2D eigenvalue weighted by molar-refractivity contribution is 5.98. The second kappa shape index (κ2) is 4.76. The topological polar surface area (TPSA) is 86.5 Å². The smallest absolute Gasteiger partial charge is 0.268 e. The highest BCUT2D eigenvalue weighted by Gasteiger charge is 2.12. The number of aromatic amines is 2. The van der Waals surface area contributed by atoms with Crippen LogP contribution in [-0.2, 0) is 6.54 Å². The van der Waals surface area contributed by atoms with Gasteiger partial charge in [0.05, 0.1) is 6.54 Å². The molecule has 0 radical (unpaired) electrons. The van der Waals surface area contributed by atoms with E-state index in [-0.39, 0.29) is 18.3 Å². The lowest BCUT2D eigenvalue weighted by atomic mass is 10.2. The van der Waals surface area contributed by atoms with Crippen LogP contribution in [0.4, 0.5) is 4.39 Å². The summed E-state index contributed by atoms with van der Waals surface area (Å²) in [5.41, 5.74) is 0.890. The normalized spacial score (nSPS) is 10.9. The summed E-state index contributed by atoms with van der Waals surface area (Å²) >= 11 is 0. The van der Waals surface area contributed by atoms with Gasteiger partial charge in [0.25, 0.3) is 5.91 Å². The highest BCUT2D eigenvalue weighted by Crippen LogP contribution is 2.18. The van der Waals surface area contributed by atoms with Crippen molar-refractivity contribution in [3.63, 3.8) is 0 Å². The summed E-state index contributed by atoms with van der Waals surface area (Å²) in [4.78, 5) is 18.9. The summed E-state index contributed by atoms with van der Waals surface area (Å²) in [6.45, 7) is 1.99. The minimum Gasteiger partial charge on any atom is -0.350 e. The molecule has 0 saturated heterocycles. The molecule has 3 aromatic rings. The zero-order valence-electron chi connectivity index (χ0n) is 10.7. The van der Waals surface area contributed by atoms with Gasteiger partial charge < -0.3 is 10.3 Å². The third-order valence-corrected chi connectivity index (χ3v) is 2.91. The van der Waals surface area contributed by atoms with Crippen LogP contribution in [0.1, 0.15) is 22.1 Å². The number of hydrogen-bond donors (Lipinski definition) is 3. The second-order valence-corrected chi connectivity index (χ2v) is 4.40. The van der Waals surface area contributed by atoms with E-state index in [0.717, 1.165) is 0 Å². The molecule has 1 aromatic carbocycles. The Bertz CT molecular complexity index is 776. The molecule has 0 spiro atoms. The van der Waals surface area contributed by atoms with Gasteiger partial charge in [-0.05, 0) is 25.1 Å². The zero-order valence-corrected chi connectivity index (χ0v) is 10.7. The fourth-order valence-corrected chi connectivity index (χ4v) is 1.96. The van der Waals surface area contributed by atoms with Gasteiger partial charge in [0.15, 0.2) is 5.82 Å². The van der Waals surface area contributed by atoms with Gasteiger partial charge in [0, 0.05) is 10.9 Å². The molecule has 0 aliphatic heterocycles. The standard InChI is InChI=1S/C13H12FN5O/c1-7-16-12(19-18-7)6-15-13(20)11-5-8-9(14)3-2-4-10(8)17-11/h2-5,17H,6H2,1H3,(H,15,20)(H,16,18,19). The third kappa shape index (κ3) is 2.25. The minimum absolute atomic E-state index is 0.209. The van der Waals surface area contributed by atoms with Crippen LogP contribution in [0.25, 0.3) is 10.9 Å². The quantitative estimate of drug-likeness (QED) is 0.678. The lowest BCUT2D eigenvalue weighted by Crippen LogP contribution is -2.23. The number of nitrogens with zero attached hydrogens (tertiary/aromatic N) is 2. The Labute approximate surface area is 113 Å². The number of fused-ring (bicyclic) bond motifs is 1. The van der Waals surface area contributed by atoms with Crippen molar-refractivity contribution in [1.82, 2.24) is 25.5 Å². The first kappa shape index (κ1) is 12.3. The number of amides is 1. The van der Waals surface area contributed by atoms with Gasteiger partial charge in [-0.3, -0.25) is 9.89 Å². The molecular formula is C13H12FN5O. The maximum atomic E-state index is 13.5. The van der Waals surface area contributed by atoms with Crippen molar-refractivity contribution in [2.75, 3.05) is 0 Å². The van der Waals surface area contributed by atoms with Crippen molar-refractivity contribution >= 4 is 16.8 Å². The summed E-state index contributed by atoms with van der Waals surface area (Å²) in [6, 6.07) is 6.15. The molecule has 0 unspecified atom stereocenters. The minimum atomic E-state index is -0.359. The van der Waals surface area contributed by atoms with Crippen molar-refractivity contribution in [3.8, 4) is 0 Å². The molecule has 6 nitrogen and oxygen atoms in total. The third-order valence-electron chi connectivity index (χ3n) is 2.91. The van der Waals surface area contributed by atoms with Crippen molar-refractivity contribution in [1.29, 1.82) is 0 Å².